The molecule has 0 spiro atoms. The van der Waals surface area contributed by atoms with Gasteiger partial charge in [-0.05, 0) is 30.5 Å². The number of amides is 1. The van der Waals surface area contributed by atoms with E-state index in [1.165, 1.54) is 5.56 Å². The Morgan fingerprint density at radius 1 is 1.23 bits per heavy atom. The number of benzene rings is 1. The largest absolute Gasteiger partial charge is 0.419 e. The molecular formula is C16H15N3O2S. The summed E-state index contributed by atoms with van der Waals surface area (Å²) in [6.07, 6.45) is 0.372. The maximum absolute atomic E-state index is 11.8. The quantitative estimate of drug-likeness (QED) is 0.786. The topological polar surface area (TPSA) is 68.0 Å². The number of hydrogen-bond acceptors (Lipinski definition) is 5. The third kappa shape index (κ3) is 3.59. The lowest BCUT2D eigenvalue weighted by Crippen LogP contribution is -2.24. The van der Waals surface area contributed by atoms with Crippen LogP contribution in [-0.2, 0) is 17.8 Å². The van der Waals surface area contributed by atoms with E-state index in [0.717, 1.165) is 10.4 Å². The van der Waals surface area contributed by atoms with E-state index in [1.807, 2.05) is 48.7 Å². The fourth-order valence-electron chi connectivity index (χ4n) is 1.95. The lowest BCUT2D eigenvalue weighted by molar-refractivity contribution is -0.120. The molecule has 3 rings (SSSR count). The molecule has 3 aromatic rings. The third-order valence-electron chi connectivity index (χ3n) is 3.12. The minimum absolute atomic E-state index is 0.0578. The van der Waals surface area contributed by atoms with Crippen molar-refractivity contribution >= 4 is 17.2 Å². The average molecular weight is 313 g/mol. The minimum atomic E-state index is -0.0578. The van der Waals surface area contributed by atoms with Crippen LogP contribution in [0.1, 0.15) is 16.3 Å². The van der Waals surface area contributed by atoms with Crippen molar-refractivity contribution < 1.29 is 9.21 Å². The van der Waals surface area contributed by atoms with Crippen LogP contribution in [-0.4, -0.2) is 16.1 Å². The van der Waals surface area contributed by atoms with Crippen LogP contribution in [0.2, 0.25) is 0 Å². The number of rotatable bonds is 5. The Bertz CT molecular complexity index is 748. The molecule has 0 saturated heterocycles. The molecule has 0 bridgehead atoms. The highest BCUT2D eigenvalue weighted by atomic mass is 32.1. The van der Waals surface area contributed by atoms with Gasteiger partial charge in [-0.2, -0.15) is 0 Å². The molecule has 1 aromatic carbocycles. The minimum Gasteiger partial charge on any atom is -0.419 e. The highest BCUT2D eigenvalue weighted by Gasteiger charge is 2.10. The number of hydrogen-bond donors (Lipinski definition) is 1. The van der Waals surface area contributed by atoms with Gasteiger partial charge >= 0.3 is 0 Å². The Hall–Kier alpha value is -2.47. The van der Waals surface area contributed by atoms with Crippen molar-refractivity contribution in [1.82, 2.24) is 15.5 Å². The summed E-state index contributed by atoms with van der Waals surface area (Å²) in [5.74, 6) is 0.801. The number of thiophene rings is 1. The summed E-state index contributed by atoms with van der Waals surface area (Å²) in [5.41, 5.74) is 2.04. The van der Waals surface area contributed by atoms with Crippen molar-refractivity contribution in [1.29, 1.82) is 0 Å². The fourth-order valence-corrected chi connectivity index (χ4v) is 2.65. The first-order valence-electron chi connectivity index (χ1n) is 6.89. The molecule has 2 aromatic heterocycles. The lowest BCUT2D eigenvalue weighted by atomic mass is 10.1. The highest BCUT2D eigenvalue weighted by molar-refractivity contribution is 7.10. The summed E-state index contributed by atoms with van der Waals surface area (Å²) < 4.78 is 5.56. The van der Waals surface area contributed by atoms with Gasteiger partial charge < -0.3 is 9.73 Å². The number of aryl methyl sites for hydroxylation is 1. The molecule has 0 unspecified atom stereocenters. The second-order valence-corrected chi connectivity index (χ2v) is 5.93. The van der Waals surface area contributed by atoms with E-state index in [-0.39, 0.29) is 12.5 Å². The molecule has 0 aliphatic carbocycles. The van der Waals surface area contributed by atoms with Crippen molar-refractivity contribution in [2.45, 2.75) is 19.9 Å². The molecule has 22 heavy (non-hydrogen) atoms. The Morgan fingerprint density at radius 3 is 2.77 bits per heavy atom. The number of nitrogens with zero attached hydrogens (tertiary/aromatic N) is 2. The van der Waals surface area contributed by atoms with Gasteiger partial charge in [0, 0.05) is 10.4 Å². The highest BCUT2D eigenvalue weighted by Crippen LogP contribution is 2.18. The molecule has 0 aliphatic heterocycles. The van der Waals surface area contributed by atoms with E-state index < -0.39 is 0 Å². The van der Waals surface area contributed by atoms with E-state index in [2.05, 4.69) is 15.5 Å². The predicted molar refractivity (Wildman–Crippen MR) is 84.3 cm³/mol. The van der Waals surface area contributed by atoms with Crippen molar-refractivity contribution in [2.75, 3.05) is 0 Å². The van der Waals surface area contributed by atoms with Gasteiger partial charge in [-0.25, -0.2) is 0 Å². The van der Waals surface area contributed by atoms with Gasteiger partial charge in [0.25, 0.3) is 0 Å². The molecule has 1 amide bonds. The van der Waals surface area contributed by atoms with Crippen LogP contribution in [0.4, 0.5) is 0 Å². The van der Waals surface area contributed by atoms with Gasteiger partial charge in [0.2, 0.25) is 17.7 Å². The Morgan fingerprint density at radius 2 is 2.05 bits per heavy atom. The lowest BCUT2D eigenvalue weighted by Gasteiger charge is -2.00. The van der Waals surface area contributed by atoms with Crippen LogP contribution in [0.25, 0.3) is 11.5 Å². The summed E-state index contributed by atoms with van der Waals surface area (Å²) in [4.78, 5) is 12.8. The van der Waals surface area contributed by atoms with Crippen LogP contribution < -0.4 is 5.32 Å². The first-order valence-corrected chi connectivity index (χ1v) is 7.77. The van der Waals surface area contributed by atoms with Crippen molar-refractivity contribution in [2.24, 2.45) is 0 Å². The second kappa shape index (κ2) is 6.53. The maximum Gasteiger partial charge on any atom is 0.247 e. The fraction of sp³-hybridized carbons (Fsp3) is 0.188. The van der Waals surface area contributed by atoms with Gasteiger partial charge in [-0.1, -0.05) is 23.8 Å². The molecule has 0 radical (unpaired) electrons. The molecule has 0 fully saturated rings. The van der Waals surface area contributed by atoms with Crippen LogP contribution in [0, 0.1) is 6.92 Å². The van der Waals surface area contributed by atoms with Crippen LogP contribution in [0.3, 0.4) is 0 Å². The average Bonchev–Trinajstić information content (AvgIpc) is 3.17. The zero-order chi connectivity index (χ0) is 15.4. The molecule has 0 atom stereocenters. The van der Waals surface area contributed by atoms with Crippen LogP contribution >= 0.6 is 11.3 Å². The van der Waals surface area contributed by atoms with Crippen LogP contribution in [0.5, 0.6) is 0 Å². The van der Waals surface area contributed by atoms with Gasteiger partial charge in [0.1, 0.15) is 0 Å². The van der Waals surface area contributed by atoms with Gasteiger partial charge in [0.05, 0.1) is 13.0 Å². The van der Waals surface area contributed by atoms with Gasteiger partial charge in [-0.15, -0.1) is 21.5 Å². The SMILES string of the molecule is Cc1ccc(-c2nnc(CNC(=O)Cc3cccs3)o2)cc1. The summed E-state index contributed by atoms with van der Waals surface area (Å²) in [6, 6.07) is 11.7. The number of carbonyl (C=O) groups is 1. The number of carbonyl (C=O) groups excluding carboxylic acids is 1. The van der Waals surface area contributed by atoms with E-state index in [0.29, 0.717) is 18.2 Å². The van der Waals surface area contributed by atoms with Crippen molar-refractivity contribution in [3.63, 3.8) is 0 Å². The first-order chi connectivity index (χ1) is 10.7. The number of aromatic nitrogens is 2. The third-order valence-corrected chi connectivity index (χ3v) is 3.99. The zero-order valence-corrected chi connectivity index (χ0v) is 12.9. The Labute approximate surface area is 132 Å². The summed E-state index contributed by atoms with van der Waals surface area (Å²) in [5, 5.41) is 12.7. The van der Waals surface area contributed by atoms with E-state index in [1.54, 1.807) is 11.3 Å². The standard InChI is InChI=1S/C16H15N3O2S/c1-11-4-6-12(7-5-11)16-19-18-15(21-16)10-17-14(20)9-13-3-2-8-22-13/h2-8H,9-10H2,1H3,(H,17,20). The normalized spacial score (nSPS) is 10.6. The summed E-state index contributed by atoms with van der Waals surface area (Å²) >= 11 is 1.56. The van der Waals surface area contributed by atoms with Crippen molar-refractivity contribution in [3.05, 3.63) is 58.1 Å². The van der Waals surface area contributed by atoms with E-state index in [9.17, 15) is 4.79 Å². The van der Waals surface area contributed by atoms with E-state index >= 15 is 0 Å². The molecule has 112 valence electrons. The number of nitrogens with one attached hydrogen (secondary N) is 1. The smallest absolute Gasteiger partial charge is 0.247 e. The second-order valence-electron chi connectivity index (χ2n) is 4.90. The Kier molecular flexibility index (Phi) is 4.29. The van der Waals surface area contributed by atoms with Crippen LogP contribution in [0.15, 0.2) is 46.2 Å². The van der Waals surface area contributed by atoms with Gasteiger partial charge in [0.15, 0.2) is 0 Å². The summed E-state index contributed by atoms with van der Waals surface area (Å²) in [7, 11) is 0. The summed E-state index contributed by atoms with van der Waals surface area (Å²) in [6.45, 7) is 2.26. The Balaban J connectivity index is 1.57. The molecule has 6 heteroatoms. The molecule has 2 heterocycles. The predicted octanol–water partition coefficient (Wildman–Crippen LogP) is 2.97. The molecule has 0 aliphatic rings. The molecular weight excluding hydrogens is 298 g/mol. The molecule has 0 saturated carbocycles. The first kappa shape index (κ1) is 14.5. The molecule has 5 nitrogen and oxygen atoms in total. The van der Waals surface area contributed by atoms with Crippen molar-refractivity contribution in [3.8, 4) is 11.5 Å². The zero-order valence-electron chi connectivity index (χ0n) is 12.1. The van der Waals surface area contributed by atoms with E-state index in [4.69, 9.17) is 4.42 Å². The monoisotopic (exact) mass is 313 g/mol. The maximum atomic E-state index is 11.8. The molecule has 1 N–H and O–H groups in total. The van der Waals surface area contributed by atoms with Gasteiger partial charge in [-0.3, -0.25) is 4.79 Å².